The van der Waals surface area contributed by atoms with Gasteiger partial charge in [0.05, 0.1) is 52.4 Å². The van der Waals surface area contributed by atoms with Crippen LogP contribution in [0.1, 0.15) is 116 Å². The highest BCUT2D eigenvalue weighted by atomic mass is 31.2. The third-order valence-electron chi connectivity index (χ3n) is 15.5. The molecule has 2 amide bonds. The maximum atomic E-state index is 13.8. The van der Waals surface area contributed by atoms with Crippen molar-refractivity contribution in [1.82, 2.24) is 29.5 Å². The van der Waals surface area contributed by atoms with E-state index in [9.17, 15) is 19.6 Å². The second-order valence-electron chi connectivity index (χ2n) is 21.6. The van der Waals surface area contributed by atoms with Crippen LogP contribution in [0, 0.1) is 11.3 Å². The van der Waals surface area contributed by atoms with Crippen LogP contribution in [0.5, 0.6) is 11.5 Å². The molecule has 18 nitrogen and oxygen atoms in total. The molecule has 2 N–H and O–H groups in total. The van der Waals surface area contributed by atoms with Crippen molar-refractivity contribution in [2.45, 2.75) is 108 Å². The van der Waals surface area contributed by atoms with Gasteiger partial charge in [0.15, 0.2) is 17.0 Å². The number of nitriles is 1. The van der Waals surface area contributed by atoms with E-state index >= 15 is 0 Å². The standard InChI is InChI=1S/C67H71N8O10P/c1-44(2)75(45(3)4)86(83-37-15-36-68)85-58-38-61(84-59(58)41-82-67(48-16-8-7-9-17-48,49-28-32-51(79-5)33-29-49)50-30-34-52(80-6)35-31-50)74-43-72-63-64(70-42-71-65(63)74)73-66(78)47-26-24-46(25-27-47)39-69-60(76)22-14-23-62(77)81-40-57-55-20-12-10-18-53(55)54-19-11-13-21-56(54)57/h7-13,16-21,24-35,42-45,57-59,61H,14-15,22-23,37-41H2,1-6H3,(H,69,76)(H,70,71,73,78)/t58-,59-,61?,86?/m1/s1. The van der Waals surface area contributed by atoms with Crippen molar-refractivity contribution in [3.63, 3.8) is 0 Å². The van der Waals surface area contributed by atoms with E-state index in [1.165, 1.54) is 6.33 Å². The molecule has 0 radical (unpaired) electrons. The Labute approximate surface area is 502 Å². The summed E-state index contributed by atoms with van der Waals surface area (Å²) in [4.78, 5) is 53.3. The van der Waals surface area contributed by atoms with Gasteiger partial charge >= 0.3 is 5.97 Å². The van der Waals surface area contributed by atoms with Crippen molar-refractivity contribution in [3.8, 4) is 28.7 Å². The van der Waals surface area contributed by atoms with E-state index in [1.807, 2.05) is 108 Å². The van der Waals surface area contributed by atoms with Crippen LogP contribution in [0.3, 0.4) is 0 Å². The first kappa shape index (κ1) is 60.7. The molecule has 10 rings (SSSR count). The van der Waals surface area contributed by atoms with Crippen LogP contribution in [0.2, 0.25) is 0 Å². The van der Waals surface area contributed by atoms with Gasteiger partial charge < -0.3 is 43.4 Å². The predicted molar refractivity (Wildman–Crippen MR) is 327 cm³/mol. The Morgan fingerprint density at radius 1 is 0.756 bits per heavy atom. The molecule has 444 valence electrons. The van der Waals surface area contributed by atoms with Gasteiger partial charge in [0.1, 0.15) is 42.4 Å². The van der Waals surface area contributed by atoms with Crippen LogP contribution in [0.15, 0.2) is 164 Å². The maximum absolute atomic E-state index is 13.8. The van der Waals surface area contributed by atoms with Crippen molar-refractivity contribution in [2.75, 3.05) is 39.4 Å². The molecule has 1 aliphatic carbocycles. The van der Waals surface area contributed by atoms with Gasteiger partial charge in [-0.15, -0.1) is 0 Å². The van der Waals surface area contributed by atoms with Crippen molar-refractivity contribution >= 4 is 43.3 Å². The number of hydrogen-bond acceptors (Lipinski definition) is 15. The lowest BCUT2D eigenvalue weighted by Crippen LogP contribution is -2.39. The van der Waals surface area contributed by atoms with Crippen molar-refractivity contribution in [1.29, 1.82) is 5.26 Å². The fourth-order valence-electron chi connectivity index (χ4n) is 11.3. The third-order valence-corrected chi connectivity index (χ3v) is 17.6. The smallest absolute Gasteiger partial charge is 0.305 e. The fourth-order valence-corrected chi connectivity index (χ4v) is 13.1. The summed E-state index contributed by atoms with van der Waals surface area (Å²) >= 11 is 0. The van der Waals surface area contributed by atoms with Gasteiger partial charge in [-0.2, -0.15) is 5.26 Å². The Kier molecular flexibility index (Phi) is 19.9. The minimum atomic E-state index is -1.72. The van der Waals surface area contributed by atoms with Gasteiger partial charge in [-0.05, 0) is 115 Å². The molecule has 0 spiro atoms. The minimum Gasteiger partial charge on any atom is -0.497 e. The van der Waals surface area contributed by atoms with Crippen LogP contribution in [-0.4, -0.2) is 100 Å². The number of ether oxygens (including phenoxy) is 5. The molecular weight excluding hydrogens is 1110 g/mol. The number of anilines is 1. The molecule has 1 aliphatic heterocycles. The fraction of sp³-hybridized carbons (Fsp3) is 0.328. The van der Waals surface area contributed by atoms with Gasteiger partial charge in [-0.3, -0.25) is 19.0 Å². The summed E-state index contributed by atoms with van der Waals surface area (Å²) in [7, 11) is 1.55. The number of carbonyl (C=O) groups excluding carboxylic acids is 3. The zero-order chi connectivity index (χ0) is 60.2. The highest BCUT2D eigenvalue weighted by Gasteiger charge is 2.45. The highest BCUT2D eigenvalue weighted by Crippen LogP contribution is 2.51. The molecule has 0 bridgehead atoms. The van der Waals surface area contributed by atoms with Crippen LogP contribution >= 0.6 is 8.53 Å². The summed E-state index contributed by atoms with van der Waals surface area (Å²) in [6, 6.07) is 51.2. The number of esters is 1. The van der Waals surface area contributed by atoms with Crippen LogP contribution < -0.4 is 20.1 Å². The Bertz CT molecular complexity index is 3530. The molecular formula is C67H71N8O10P. The molecule has 3 heterocycles. The number of fused-ring (bicyclic) bond motifs is 4. The Hall–Kier alpha value is -8.40. The molecule has 19 heteroatoms. The summed E-state index contributed by atoms with van der Waals surface area (Å²) in [6.45, 7) is 9.06. The van der Waals surface area contributed by atoms with Gasteiger partial charge in [-0.1, -0.05) is 115 Å². The molecule has 4 atom stereocenters. The number of nitrogens with zero attached hydrogens (tertiary/aromatic N) is 6. The number of rotatable bonds is 27. The topological polar surface area (TPSA) is 211 Å². The number of imidazole rings is 1. The van der Waals surface area contributed by atoms with E-state index in [4.69, 9.17) is 37.7 Å². The number of hydrogen-bond donors (Lipinski definition) is 2. The lowest BCUT2D eigenvalue weighted by Gasteiger charge is -2.39. The van der Waals surface area contributed by atoms with E-state index < -0.39 is 38.5 Å². The van der Waals surface area contributed by atoms with Gasteiger partial charge in [0.25, 0.3) is 14.4 Å². The average Bonchev–Trinajstić information content (AvgIpc) is 2.60. The largest absolute Gasteiger partial charge is 0.497 e. The van der Waals surface area contributed by atoms with E-state index in [-0.39, 0.29) is 81.3 Å². The van der Waals surface area contributed by atoms with Crippen molar-refractivity contribution < 1.29 is 47.1 Å². The zero-order valence-corrected chi connectivity index (χ0v) is 50.0. The third kappa shape index (κ3) is 13.6. The Morgan fingerprint density at radius 3 is 1.99 bits per heavy atom. The summed E-state index contributed by atoms with van der Waals surface area (Å²) in [5, 5.41) is 15.4. The quantitative estimate of drug-likeness (QED) is 0.0212. The number of aromatic nitrogens is 4. The first-order valence-electron chi connectivity index (χ1n) is 29.0. The lowest BCUT2D eigenvalue weighted by molar-refractivity contribution is -0.144. The number of carbonyl (C=O) groups is 3. The average molecular weight is 1180 g/mol. The van der Waals surface area contributed by atoms with E-state index in [1.54, 1.807) is 44.8 Å². The molecule has 0 saturated carbocycles. The maximum Gasteiger partial charge on any atom is 0.305 e. The molecule has 2 aliphatic rings. The molecule has 6 aromatic carbocycles. The van der Waals surface area contributed by atoms with Crippen LogP contribution in [0.4, 0.5) is 5.82 Å². The van der Waals surface area contributed by atoms with E-state index in [0.29, 0.717) is 41.1 Å². The molecule has 1 fully saturated rings. The number of methoxy groups -OCH3 is 2. The SMILES string of the molecule is COc1ccc(C(OC[C@H]2OC(n3cnc4c(NC(=O)c5ccc(CNC(=O)CCCC(=O)OCC6c7ccccc7-c7ccccc76)cc5)ncnc43)C[C@H]2OP(OCCC#N)N(C(C)C)C(C)C)(c2ccccc2)c2ccc(OC)cc2)cc1. The second kappa shape index (κ2) is 28.2. The normalized spacial score (nSPS) is 16.0. The minimum absolute atomic E-state index is 0.0283. The summed E-state index contributed by atoms with van der Waals surface area (Å²) in [6.07, 6.45) is 2.15. The molecule has 1 saturated heterocycles. The van der Waals surface area contributed by atoms with E-state index in [2.05, 4.69) is 83.3 Å². The first-order valence-corrected chi connectivity index (χ1v) is 30.1. The first-order chi connectivity index (χ1) is 41.9. The molecule has 2 unspecified atom stereocenters. The number of benzene rings is 6. The van der Waals surface area contributed by atoms with E-state index in [0.717, 1.165) is 44.5 Å². The number of nitrogens with one attached hydrogen (secondary N) is 2. The molecule has 2 aromatic heterocycles. The lowest BCUT2D eigenvalue weighted by atomic mass is 9.80. The summed E-state index contributed by atoms with van der Waals surface area (Å²) < 4.78 is 49.0. The zero-order valence-electron chi connectivity index (χ0n) is 49.1. The van der Waals surface area contributed by atoms with Crippen LogP contribution in [0.25, 0.3) is 22.3 Å². The van der Waals surface area contributed by atoms with Gasteiger partial charge in [0.2, 0.25) is 5.91 Å². The second-order valence-corrected chi connectivity index (χ2v) is 23.0. The van der Waals surface area contributed by atoms with Gasteiger partial charge in [0, 0.05) is 49.4 Å². The summed E-state index contributed by atoms with van der Waals surface area (Å²) in [5.41, 5.74) is 7.92. The summed E-state index contributed by atoms with van der Waals surface area (Å²) in [5.74, 6) is 0.591. The Balaban J connectivity index is 0.818. The van der Waals surface area contributed by atoms with Gasteiger partial charge in [-0.25, -0.2) is 19.6 Å². The van der Waals surface area contributed by atoms with Crippen molar-refractivity contribution in [2.24, 2.45) is 0 Å². The molecule has 8 aromatic rings. The highest BCUT2D eigenvalue weighted by molar-refractivity contribution is 7.44. The van der Waals surface area contributed by atoms with Crippen molar-refractivity contribution in [3.05, 3.63) is 203 Å². The Morgan fingerprint density at radius 2 is 1.37 bits per heavy atom. The molecule has 86 heavy (non-hydrogen) atoms. The number of amides is 2. The van der Waals surface area contributed by atoms with Crippen LogP contribution in [-0.2, 0) is 45.0 Å². The monoisotopic (exact) mass is 1180 g/mol. The predicted octanol–water partition coefficient (Wildman–Crippen LogP) is 12.2.